The number of ether oxygens (including phenoxy) is 1. The first kappa shape index (κ1) is 14.4. The van der Waals surface area contributed by atoms with Gasteiger partial charge in [-0.2, -0.15) is 0 Å². The molecule has 1 aromatic rings. The van der Waals surface area contributed by atoms with Gasteiger partial charge >= 0.3 is 0 Å². The summed E-state index contributed by atoms with van der Waals surface area (Å²) in [7, 11) is 0. The summed E-state index contributed by atoms with van der Waals surface area (Å²) in [5.41, 5.74) is 1.32. The van der Waals surface area contributed by atoms with E-state index in [1.165, 1.54) is 5.56 Å². The van der Waals surface area contributed by atoms with Crippen molar-refractivity contribution in [3.8, 4) is 0 Å². The van der Waals surface area contributed by atoms with E-state index >= 15 is 0 Å². The number of hydrogen-bond acceptors (Lipinski definition) is 4. The lowest BCUT2D eigenvalue weighted by Gasteiger charge is -2.37. The Morgan fingerprint density at radius 2 is 2.21 bits per heavy atom. The Hall–Kier alpha value is -0.970. The molecule has 0 bridgehead atoms. The molecular formula is C15H25N3O. The van der Waals surface area contributed by atoms with Crippen LogP contribution in [-0.4, -0.2) is 54.8 Å². The Bertz CT molecular complexity index is 358. The van der Waals surface area contributed by atoms with Crippen molar-refractivity contribution >= 4 is 0 Å². The Kier molecular flexibility index (Phi) is 5.76. The fourth-order valence-corrected chi connectivity index (χ4v) is 2.63. The molecule has 2 unspecified atom stereocenters. The van der Waals surface area contributed by atoms with Gasteiger partial charge in [-0.15, -0.1) is 0 Å². The van der Waals surface area contributed by atoms with Crippen LogP contribution in [0.1, 0.15) is 19.4 Å². The van der Waals surface area contributed by atoms with Crippen LogP contribution in [0.3, 0.4) is 0 Å². The van der Waals surface area contributed by atoms with Gasteiger partial charge in [0.25, 0.3) is 0 Å². The molecule has 1 aliphatic heterocycles. The average Bonchev–Trinajstić information content (AvgIpc) is 2.48. The SMILES string of the molecule is CCNC(Cc1ccncc1)C1CN(CC)CCO1. The highest BCUT2D eigenvalue weighted by Gasteiger charge is 2.27. The number of nitrogens with zero attached hydrogens (tertiary/aromatic N) is 2. The topological polar surface area (TPSA) is 37.4 Å². The molecule has 19 heavy (non-hydrogen) atoms. The molecule has 0 spiro atoms. The second kappa shape index (κ2) is 7.58. The van der Waals surface area contributed by atoms with E-state index in [1.807, 2.05) is 12.4 Å². The second-order valence-corrected chi connectivity index (χ2v) is 5.03. The monoisotopic (exact) mass is 263 g/mol. The number of rotatable bonds is 6. The van der Waals surface area contributed by atoms with E-state index in [1.54, 1.807) is 0 Å². The first-order chi connectivity index (χ1) is 9.33. The number of nitrogens with one attached hydrogen (secondary N) is 1. The van der Waals surface area contributed by atoms with E-state index in [0.29, 0.717) is 6.04 Å². The van der Waals surface area contributed by atoms with Crippen LogP contribution in [0, 0.1) is 0 Å². The third-order valence-electron chi connectivity index (χ3n) is 3.74. The van der Waals surface area contributed by atoms with Crippen molar-refractivity contribution in [2.45, 2.75) is 32.4 Å². The molecule has 4 heteroatoms. The van der Waals surface area contributed by atoms with Gasteiger partial charge in [-0.25, -0.2) is 0 Å². The van der Waals surface area contributed by atoms with E-state index in [9.17, 15) is 0 Å². The van der Waals surface area contributed by atoms with Gasteiger partial charge in [-0.05, 0) is 37.2 Å². The summed E-state index contributed by atoms with van der Waals surface area (Å²) in [4.78, 5) is 6.54. The Labute approximate surface area is 116 Å². The minimum atomic E-state index is 0.279. The summed E-state index contributed by atoms with van der Waals surface area (Å²) < 4.78 is 5.98. The minimum absolute atomic E-state index is 0.279. The molecule has 1 saturated heterocycles. The number of aromatic nitrogens is 1. The predicted molar refractivity (Wildman–Crippen MR) is 77.3 cm³/mol. The Morgan fingerprint density at radius 1 is 1.42 bits per heavy atom. The summed E-state index contributed by atoms with van der Waals surface area (Å²) in [6.07, 6.45) is 5.00. The maximum atomic E-state index is 5.98. The Balaban J connectivity index is 1.98. The van der Waals surface area contributed by atoms with Crippen LogP contribution in [0.4, 0.5) is 0 Å². The molecule has 1 aromatic heterocycles. The normalized spacial score (nSPS) is 22.3. The van der Waals surface area contributed by atoms with E-state index < -0.39 is 0 Å². The third-order valence-corrected chi connectivity index (χ3v) is 3.74. The van der Waals surface area contributed by atoms with Gasteiger partial charge in [-0.3, -0.25) is 9.88 Å². The number of pyridine rings is 1. The standard InChI is InChI=1S/C15H25N3O/c1-3-17-14(11-13-5-7-16-8-6-13)15-12-18(4-2)9-10-19-15/h5-8,14-15,17H,3-4,9-12H2,1-2H3. The quantitative estimate of drug-likeness (QED) is 0.840. The zero-order valence-electron chi connectivity index (χ0n) is 12.0. The summed E-state index contributed by atoms with van der Waals surface area (Å²) in [5, 5.41) is 3.57. The maximum absolute atomic E-state index is 5.98. The van der Waals surface area contributed by atoms with Gasteiger partial charge in [0.1, 0.15) is 0 Å². The number of hydrogen-bond donors (Lipinski definition) is 1. The summed E-state index contributed by atoms with van der Waals surface area (Å²) >= 11 is 0. The largest absolute Gasteiger partial charge is 0.374 e. The van der Waals surface area contributed by atoms with Gasteiger partial charge in [0.2, 0.25) is 0 Å². The molecule has 1 N–H and O–H groups in total. The molecule has 106 valence electrons. The molecule has 0 amide bonds. The van der Waals surface area contributed by atoms with Crippen molar-refractivity contribution in [3.05, 3.63) is 30.1 Å². The molecule has 2 rings (SSSR count). The van der Waals surface area contributed by atoms with Gasteiger partial charge in [0.15, 0.2) is 0 Å². The summed E-state index contributed by atoms with van der Waals surface area (Å²) in [5.74, 6) is 0. The van der Waals surface area contributed by atoms with Crippen molar-refractivity contribution in [2.24, 2.45) is 0 Å². The van der Waals surface area contributed by atoms with Crippen molar-refractivity contribution in [3.63, 3.8) is 0 Å². The molecule has 4 nitrogen and oxygen atoms in total. The predicted octanol–water partition coefficient (Wildman–Crippen LogP) is 1.32. The molecule has 1 fully saturated rings. The molecule has 0 saturated carbocycles. The van der Waals surface area contributed by atoms with Crippen molar-refractivity contribution < 1.29 is 4.74 Å². The van der Waals surface area contributed by atoms with Gasteiger partial charge in [0.05, 0.1) is 12.7 Å². The summed E-state index contributed by atoms with van der Waals surface area (Å²) in [6, 6.07) is 4.55. The van der Waals surface area contributed by atoms with Crippen LogP contribution < -0.4 is 5.32 Å². The highest BCUT2D eigenvalue weighted by molar-refractivity contribution is 5.12. The van der Waals surface area contributed by atoms with E-state index in [-0.39, 0.29) is 6.10 Å². The second-order valence-electron chi connectivity index (χ2n) is 5.03. The molecule has 0 aromatic carbocycles. The van der Waals surface area contributed by atoms with Crippen molar-refractivity contribution in [2.75, 3.05) is 32.8 Å². The van der Waals surface area contributed by atoms with Crippen molar-refractivity contribution in [1.82, 2.24) is 15.2 Å². The molecule has 1 aliphatic rings. The fraction of sp³-hybridized carbons (Fsp3) is 0.667. The molecule has 0 aliphatic carbocycles. The van der Waals surface area contributed by atoms with Crippen molar-refractivity contribution in [1.29, 1.82) is 0 Å². The number of likely N-dealkylation sites (N-methyl/N-ethyl adjacent to an activating group) is 2. The summed E-state index contributed by atoms with van der Waals surface area (Å²) in [6.45, 7) is 9.38. The van der Waals surface area contributed by atoms with Crippen LogP contribution in [0.15, 0.2) is 24.5 Å². The van der Waals surface area contributed by atoms with Crippen LogP contribution in [-0.2, 0) is 11.2 Å². The van der Waals surface area contributed by atoms with Gasteiger partial charge in [-0.1, -0.05) is 13.8 Å². The highest BCUT2D eigenvalue weighted by Crippen LogP contribution is 2.13. The highest BCUT2D eigenvalue weighted by atomic mass is 16.5. The third kappa shape index (κ3) is 4.27. The Morgan fingerprint density at radius 3 is 2.89 bits per heavy atom. The first-order valence-electron chi connectivity index (χ1n) is 7.29. The van der Waals surface area contributed by atoms with Crippen LogP contribution in [0.25, 0.3) is 0 Å². The lowest BCUT2D eigenvalue weighted by molar-refractivity contribution is -0.0445. The molecule has 0 radical (unpaired) electrons. The first-order valence-corrected chi connectivity index (χ1v) is 7.29. The van der Waals surface area contributed by atoms with Gasteiger partial charge in [0, 0.05) is 31.5 Å². The van der Waals surface area contributed by atoms with Crippen LogP contribution in [0.5, 0.6) is 0 Å². The smallest absolute Gasteiger partial charge is 0.0858 e. The van der Waals surface area contributed by atoms with E-state index in [0.717, 1.165) is 39.2 Å². The lowest BCUT2D eigenvalue weighted by Crippen LogP contribution is -2.53. The number of morpholine rings is 1. The van der Waals surface area contributed by atoms with Gasteiger partial charge < -0.3 is 10.1 Å². The zero-order chi connectivity index (χ0) is 13.5. The minimum Gasteiger partial charge on any atom is -0.374 e. The molecule has 2 heterocycles. The lowest BCUT2D eigenvalue weighted by atomic mass is 10.0. The van der Waals surface area contributed by atoms with Crippen LogP contribution >= 0.6 is 0 Å². The van der Waals surface area contributed by atoms with E-state index in [4.69, 9.17) is 4.74 Å². The zero-order valence-corrected chi connectivity index (χ0v) is 12.0. The van der Waals surface area contributed by atoms with Crippen LogP contribution in [0.2, 0.25) is 0 Å². The molecule has 2 atom stereocenters. The maximum Gasteiger partial charge on any atom is 0.0858 e. The fourth-order valence-electron chi connectivity index (χ4n) is 2.63. The van der Waals surface area contributed by atoms with E-state index in [2.05, 4.69) is 41.2 Å². The molecular weight excluding hydrogens is 238 g/mol. The average molecular weight is 263 g/mol.